The summed E-state index contributed by atoms with van der Waals surface area (Å²) in [7, 11) is 0. The van der Waals surface area contributed by atoms with Crippen LogP contribution < -0.4 is 5.32 Å². The average Bonchev–Trinajstić information content (AvgIpc) is 1.98. The Labute approximate surface area is 77.1 Å². The highest BCUT2D eigenvalue weighted by molar-refractivity contribution is 5.82. The van der Waals surface area contributed by atoms with Gasteiger partial charge in [0.1, 0.15) is 0 Å². The van der Waals surface area contributed by atoms with Crippen molar-refractivity contribution in [2.75, 3.05) is 6.54 Å². The lowest BCUT2D eigenvalue weighted by Gasteiger charge is -2.12. The number of esters is 1. The first kappa shape index (κ1) is 11.9. The second-order valence-corrected chi connectivity index (χ2v) is 2.85. The maximum absolute atomic E-state index is 11.1. The van der Waals surface area contributed by atoms with E-state index < -0.39 is 24.1 Å². The predicted octanol–water partition coefficient (Wildman–Crippen LogP) is -0.565. The second kappa shape index (κ2) is 5.53. The molecule has 0 heterocycles. The van der Waals surface area contributed by atoms with Crippen LogP contribution in [0.3, 0.4) is 0 Å². The number of rotatable bonds is 4. The van der Waals surface area contributed by atoms with Gasteiger partial charge in [0, 0.05) is 13.5 Å². The smallest absolute Gasteiger partial charge is 0.303 e. The largest absolute Gasteiger partial charge is 0.453 e. The molecule has 0 fully saturated rings. The lowest BCUT2D eigenvalue weighted by molar-refractivity contribution is -0.152. The molecule has 0 aliphatic carbocycles. The van der Waals surface area contributed by atoms with Crippen molar-refractivity contribution in [1.29, 1.82) is 0 Å². The molecule has 0 aliphatic rings. The fourth-order valence-corrected chi connectivity index (χ4v) is 0.694. The van der Waals surface area contributed by atoms with Crippen LogP contribution in [0.1, 0.15) is 20.8 Å². The zero-order chi connectivity index (χ0) is 10.4. The van der Waals surface area contributed by atoms with Crippen LogP contribution in [-0.2, 0) is 14.3 Å². The SMILES string of the molecule is CC(=O)O[C@@H](C)C(=O)NC[C@H](C)O. The maximum Gasteiger partial charge on any atom is 0.303 e. The van der Waals surface area contributed by atoms with E-state index in [9.17, 15) is 9.59 Å². The van der Waals surface area contributed by atoms with Gasteiger partial charge in [-0.05, 0) is 13.8 Å². The Morgan fingerprint density at radius 1 is 1.46 bits per heavy atom. The van der Waals surface area contributed by atoms with E-state index in [1.54, 1.807) is 6.92 Å². The third-order valence-corrected chi connectivity index (χ3v) is 1.28. The number of nitrogens with one attached hydrogen (secondary N) is 1. The number of aliphatic hydroxyl groups excluding tert-OH is 1. The molecule has 0 aromatic heterocycles. The van der Waals surface area contributed by atoms with Crippen molar-refractivity contribution in [3.8, 4) is 0 Å². The third-order valence-electron chi connectivity index (χ3n) is 1.28. The second-order valence-electron chi connectivity index (χ2n) is 2.85. The quantitative estimate of drug-likeness (QED) is 0.581. The molecular weight excluding hydrogens is 174 g/mol. The number of hydrogen-bond acceptors (Lipinski definition) is 4. The van der Waals surface area contributed by atoms with E-state index in [1.165, 1.54) is 13.8 Å². The number of carbonyl (C=O) groups excluding carboxylic acids is 2. The summed E-state index contributed by atoms with van der Waals surface area (Å²) in [4.78, 5) is 21.5. The number of carbonyl (C=O) groups is 2. The van der Waals surface area contributed by atoms with Crippen LogP contribution in [0.2, 0.25) is 0 Å². The van der Waals surface area contributed by atoms with Crippen LogP contribution in [0.5, 0.6) is 0 Å². The molecule has 13 heavy (non-hydrogen) atoms. The molecule has 2 N–H and O–H groups in total. The summed E-state index contributed by atoms with van der Waals surface area (Å²) < 4.78 is 4.61. The summed E-state index contributed by atoms with van der Waals surface area (Å²) in [5.41, 5.74) is 0. The van der Waals surface area contributed by atoms with Gasteiger partial charge in [-0.3, -0.25) is 9.59 Å². The minimum absolute atomic E-state index is 0.157. The van der Waals surface area contributed by atoms with Gasteiger partial charge in [-0.25, -0.2) is 0 Å². The maximum atomic E-state index is 11.1. The van der Waals surface area contributed by atoms with Gasteiger partial charge >= 0.3 is 5.97 Å². The average molecular weight is 189 g/mol. The van der Waals surface area contributed by atoms with Crippen molar-refractivity contribution in [3.05, 3.63) is 0 Å². The molecule has 0 bridgehead atoms. The number of hydrogen-bond donors (Lipinski definition) is 2. The molecule has 0 aromatic carbocycles. The summed E-state index contributed by atoms with van der Waals surface area (Å²) in [6.45, 7) is 4.42. The summed E-state index contributed by atoms with van der Waals surface area (Å²) in [6.07, 6.45) is -1.41. The first-order chi connectivity index (χ1) is 5.93. The molecule has 0 radical (unpaired) electrons. The van der Waals surface area contributed by atoms with Gasteiger partial charge in [0.25, 0.3) is 5.91 Å². The van der Waals surface area contributed by atoms with Gasteiger partial charge in [0.05, 0.1) is 6.10 Å². The highest BCUT2D eigenvalue weighted by Gasteiger charge is 2.15. The molecule has 1 amide bonds. The van der Waals surface area contributed by atoms with E-state index >= 15 is 0 Å². The molecule has 2 atom stereocenters. The van der Waals surface area contributed by atoms with Crippen LogP contribution in [0.15, 0.2) is 0 Å². The molecule has 0 aliphatic heterocycles. The molecule has 5 heteroatoms. The van der Waals surface area contributed by atoms with Crippen LogP contribution in [-0.4, -0.2) is 35.7 Å². The normalized spacial score (nSPS) is 14.5. The Bertz CT molecular complexity index is 191. The Morgan fingerprint density at radius 3 is 2.38 bits per heavy atom. The third kappa shape index (κ3) is 6.10. The zero-order valence-corrected chi connectivity index (χ0v) is 8.03. The van der Waals surface area contributed by atoms with Gasteiger partial charge in [0.15, 0.2) is 6.10 Å². The predicted molar refractivity (Wildman–Crippen MR) is 45.9 cm³/mol. The summed E-state index contributed by atoms with van der Waals surface area (Å²) >= 11 is 0. The van der Waals surface area contributed by atoms with Crippen molar-refractivity contribution in [2.45, 2.75) is 33.0 Å². The Balaban J connectivity index is 3.76. The monoisotopic (exact) mass is 189 g/mol. The van der Waals surface area contributed by atoms with Gasteiger partial charge in [-0.1, -0.05) is 0 Å². The van der Waals surface area contributed by atoms with Gasteiger partial charge < -0.3 is 15.2 Å². The topological polar surface area (TPSA) is 75.6 Å². The molecule has 0 saturated carbocycles. The van der Waals surface area contributed by atoms with E-state index in [-0.39, 0.29) is 6.54 Å². The van der Waals surface area contributed by atoms with Gasteiger partial charge in [-0.2, -0.15) is 0 Å². The minimum atomic E-state index is -0.809. The van der Waals surface area contributed by atoms with Crippen LogP contribution in [0.4, 0.5) is 0 Å². The summed E-state index contributed by atoms with van der Waals surface area (Å²) in [5.74, 6) is -0.907. The van der Waals surface area contributed by atoms with E-state index in [0.29, 0.717) is 0 Å². The molecule has 0 rings (SSSR count). The fraction of sp³-hybridized carbons (Fsp3) is 0.750. The number of amides is 1. The first-order valence-electron chi connectivity index (χ1n) is 4.06. The van der Waals surface area contributed by atoms with Crippen molar-refractivity contribution in [2.24, 2.45) is 0 Å². The molecule has 76 valence electrons. The lowest BCUT2D eigenvalue weighted by atomic mass is 10.3. The van der Waals surface area contributed by atoms with Crippen molar-refractivity contribution in [1.82, 2.24) is 5.32 Å². The number of aliphatic hydroxyl groups is 1. The highest BCUT2D eigenvalue weighted by Crippen LogP contribution is 1.91. The zero-order valence-electron chi connectivity index (χ0n) is 8.03. The van der Waals surface area contributed by atoms with E-state index in [0.717, 1.165) is 0 Å². The van der Waals surface area contributed by atoms with Crippen LogP contribution in [0, 0.1) is 0 Å². The molecule has 0 unspecified atom stereocenters. The Hall–Kier alpha value is -1.10. The van der Waals surface area contributed by atoms with E-state index in [2.05, 4.69) is 10.1 Å². The minimum Gasteiger partial charge on any atom is -0.453 e. The van der Waals surface area contributed by atoms with E-state index in [4.69, 9.17) is 5.11 Å². The first-order valence-corrected chi connectivity index (χ1v) is 4.06. The van der Waals surface area contributed by atoms with Crippen LogP contribution >= 0.6 is 0 Å². The standard InChI is InChI=1S/C8H15NO4/c1-5(10)4-9-8(12)6(2)13-7(3)11/h5-6,10H,4H2,1-3H3,(H,9,12)/t5-,6-/m0/s1. The van der Waals surface area contributed by atoms with Gasteiger partial charge in [-0.15, -0.1) is 0 Å². The molecule has 0 spiro atoms. The van der Waals surface area contributed by atoms with Gasteiger partial charge in [0.2, 0.25) is 0 Å². The fourth-order valence-electron chi connectivity index (χ4n) is 0.694. The molecule has 0 saturated heterocycles. The summed E-state index contributed by atoms with van der Waals surface area (Å²) in [6, 6.07) is 0. The van der Waals surface area contributed by atoms with Crippen molar-refractivity contribution >= 4 is 11.9 Å². The molecule has 5 nitrogen and oxygen atoms in total. The molecular formula is C8H15NO4. The molecule has 0 aromatic rings. The highest BCUT2D eigenvalue weighted by atomic mass is 16.5. The van der Waals surface area contributed by atoms with Crippen molar-refractivity contribution < 1.29 is 19.4 Å². The van der Waals surface area contributed by atoms with Crippen molar-refractivity contribution in [3.63, 3.8) is 0 Å². The number of ether oxygens (including phenoxy) is 1. The Morgan fingerprint density at radius 2 is 2.00 bits per heavy atom. The Kier molecular flexibility index (Phi) is 5.06. The lowest BCUT2D eigenvalue weighted by Crippen LogP contribution is -2.38. The summed E-state index contributed by atoms with van der Waals surface area (Å²) in [5, 5.41) is 11.3. The van der Waals surface area contributed by atoms with E-state index in [1.807, 2.05) is 0 Å². The van der Waals surface area contributed by atoms with Crippen LogP contribution in [0.25, 0.3) is 0 Å².